The summed E-state index contributed by atoms with van der Waals surface area (Å²) in [5.74, 6) is -0.608. The highest BCUT2D eigenvalue weighted by atomic mass is 32.2. The van der Waals surface area contributed by atoms with E-state index in [4.69, 9.17) is 11.5 Å². The van der Waals surface area contributed by atoms with Crippen LogP contribution in [0.3, 0.4) is 0 Å². The summed E-state index contributed by atoms with van der Waals surface area (Å²) in [4.78, 5) is 16.6. The molecule has 5 heteroatoms. The molecule has 19 heavy (non-hydrogen) atoms. The largest absolute Gasteiger partial charge is 0.370 e. The van der Waals surface area contributed by atoms with Gasteiger partial charge in [-0.15, -0.1) is 11.8 Å². The van der Waals surface area contributed by atoms with Gasteiger partial charge in [-0.2, -0.15) is 4.99 Å². The van der Waals surface area contributed by atoms with E-state index in [-0.39, 0.29) is 10.7 Å². The zero-order valence-electron chi connectivity index (χ0n) is 11.2. The zero-order chi connectivity index (χ0) is 14.2. The summed E-state index contributed by atoms with van der Waals surface area (Å²) in [5.41, 5.74) is 13.1. The molecule has 4 nitrogen and oxygen atoms in total. The van der Waals surface area contributed by atoms with Crippen LogP contribution in [-0.4, -0.2) is 16.6 Å². The van der Waals surface area contributed by atoms with E-state index in [1.165, 1.54) is 0 Å². The number of hydrogen-bond acceptors (Lipinski definition) is 2. The van der Waals surface area contributed by atoms with Gasteiger partial charge in [0.15, 0.2) is 5.96 Å². The lowest BCUT2D eigenvalue weighted by atomic mass is 10.0. The molecule has 0 atom stereocenters. The van der Waals surface area contributed by atoms with Crippen molar-refractivity contribution in [1.82, 2.24) is 0 Å². The Balaban J connectivity index is 2.48. The Morgan fingerprint density at radius 1 is 1.32 bits per heavy atom. The molecule has 0 radical (unpaired) electrons. The Morgan fingerprint density at radius 2 is 2.00 bits per heavy atom. The van der Waals surface area contributed by atoms with Gasteiger partial charge in [0.1, 0.15) is 0 Å². The van der Waals surface area contributed by atoms with E-state index >= 15 is 0 Å². The lowest BCUT2D eigenvalue weighted by molar-refractivity contribution is 0.100. The van der Waals surface area contributed by atoms with Crippen molar-refractivity contribution in [2.24, 2.45) is 16.5 Å². The number of nitrogens with two attached hydrogens (primary N) is 2. The number of aryl methyl sites for hydroxylation is 1. The molecule has 1 aliphatic rings. The number of fused-ring (bicyclic) bond motifs is 1. The van der Waals surface area contributed by atoms with Gasteiger partial charge in [0.2, 0.25) is 0 Å². The summed E-state index contributed by atoms with van der Waals surface area (Å²) < 4.78 is 0.0265. The number of hydrogen-bond donors (Lipinski definition) is 2. The molecule has 1 amide bonds. The first kappa shape index (κ1) is 13.7. The van der Waals surface area contributed by atoms with Crippen LogP contribution in [-0.2, 0) is 0 Å². The number of rotatable bonds is 1. The van der Waals surface area contributed by atoms with Gasteiger partial charge in [-0.3, -0.25) is 4.79 Å². The van der Waals surface area contributed by atoms with Crippen LogP contribution in [0.5, 0.6) is 0 Å². The molecule has 0 aromatic heterocycles. The van der Waals surface area contributed by atoms with Gasteiger partial charge in [-0.1, -0.05) is 18.2 Å². The van der Waals surface area contributed by atoms with E-state index in [1.807, 2.05) is 19.1 Å². The van der Waals surface area contributed by atoms with Gasteiger partial charge in [-0.25, -0.2) is 0 Å². The molecule has 0 unspecified atom stereocenters. The number of guanidine groups is 1. The first-order chi connectivity index (χ1) is 8.78. The van der Waals surface area contributed by atoms with Crippen LogP contribution < -0.4 is 11.5 Å². The van der Waals surface area contributed by atoms with Crippen LogP contribution in [0, 0.1) is 6.92 Å². The van der Waals surface area contributed by atoms with Crippen molar-refractivity contribution in [3.05, 3.63) is 34.9 Å². The zero-order valence-corrected chi connectivity index (χ0v) is 12.0. The molecule has 0 spiro atoms. The molecule has 0 saturated carbocycles. The molecule has 4 N–H and O–H groups in total. The van der Waals surface area contributed by atoms with Crippen molar-refractivity contribution in [3.8, 4) is 0 Å². The number of aliphatic imine (C=N–C) groups is 1. The first-order valence-corrected chi connectivity index (χ1v) is 6.77. The molecule has 0 fully saturated rings. The molecule has 0 aliphatic carbocycles. The average Bonchev–Trinajstić information content (AvgIpc) is 2.27. The van der Waals surface area contributed by atoms with Crippen molar-refractivity contribution in [2.75, 3.05) is 0 Å². The highest BCUT2D eigenvalue weighted by molar-refractivity contribution is 8.01. The van der Waals surface area contributed by atoms with E-state index in [0.29, 0.717) is 5.56 Å². The Hall–Kier alpha value is -1.75. The Kier molecular flexibility index (Phi) is 3.41. The van der Waals surface area contributed by atoms with Gasteiger partial charge in [0.25, 0.3) is 5.91 Å². The van der Waals surface area contributed by atoms with E-state index in [2.05, 4.69) is 31.0 Å². The number of benzene rings is 1. The molecule has 100 valence electrons. The van der Waals surface area contributed by atoms with Crippen molar-refractivity contribution in [1.29, 1.82) is 0 Å². The second kappa shape index (κ2) is 4.74. The molecule has 0 bridgehead atoms. The SMILES string of the molecule is Cc1cc2c(cc1C(=O)N=C(N)N)SC(C)(C)C=C2. The normalized spacial score (nSPS) is 15.7. The van der Waals surface area contributed by atoms with Crippen LogP contribution in [0.2, 0.25) is 0 Å². The van der Waals surface area contributed by atoms with Crippen LogP contribution in [0.4, 0.5) is 0 Å². The van der Waals surface area contributed by atoms with Gasteiger partial charge in [-0.05, 0) is 38.0 Å². The molecule has 1 aromatic rings. The van der Waals surface area contributed by atoms with Gasteiger partial charge >= 0.3 is 0 Å². The molecular formula is C14H17N3OS. The standard InChI is InChI=1S/C14H17N3OS/c1-8-6-9-4-5-14(2,3)19-11(9)7-10(8)12(18)17-13(15)16/h4-7H,1-3H3,(H4,15,16,17,18). The predicted octanol–water partition coefficient (Wildman–Crippen LogP) is 2.31. The smallest absolute Gasteiger partial charge is 0.280 e. The minimum atomic E-state index is -0.395. The Labute approximate surface area is 117 Å². The first-order valence-electron chi connectivity index (χ1n) is 5.95. The van der Waals surface area contributed by atoms with Crippen molar-refractivity contribution in [2.45, 2.75) is 30.4 Å². The Morgan fingerprint density at radius 3 is 2.63 bits per heavy atom. The van der Waals surface area contributed by atoms with Crippen LogP contribution >= 0.6 is 11.8 Å². The van der Waals surface area contributed by atoms with Gasteiger partial charge in [0.05, 0.1) is 0 Å². The number of nitrogens with zero attached hydrogens (tertiary/aromatic N) is 1. The van der Waals surface area contributed by atoms with Gasteiger partial charge in [0, 0.05) is 15.2 Å². The summed E-state index contributed by atoms with van der Waals surface area (Å²) in [6.45, 7) is 6.15. The summed E-state index contributed by atoms with van der Waals surface area (Å²) >= 11 is 1.72. The molecule has 2 rings (SSSR count). The maximum Gasteiger partial charge on any atom is 0.280 e. The minimum absolute atomic E-state index is 0.0265. The summed E-state index contributed by atoms with van der Waals surface area (Å²) in [6, 6.07) is 3.86. The number of carbonyl (C=O) groups is 1. The van der Waals surface area contributed by atoms with Gasteiger partial charge < -0.3 is 11.5 Å². The molecular weight excluding hydrogens is 258 g/mol. The van der Waals surface area contributed by atoms with E-state index in [9.17, 15) is 4.79 Å². The summed E-state index contributed by atoms with van der Waals surface area (Å²) in [6.07, 6.45) is 4.25. The highest BCUT2D eigenvalue weighted by Gasteiger charge is 2.23. The monoisotopic (exact) mass is 275 g/mol. The van der Waals surface area contributed by atoms with E-state index in [0.717, 1.165) is 16.0 Å². The highest BCUT2D eigenvalue weighted by Crippen LogP contribution is 2.41. The predicted molar refractivity (Wildman–Crippen MR) is 80.3 cm³/mol. The maximum atomic E-state index is 11.9. The molecule has 1 heterocycles. The second-order valence-electron chi connectivity index (χ2n) is 5.09. The fourth-order valence-corrected chi connectivity index (χ4v) is 3.07. The quantitative estimate of drug-likeness (QED) is 0.608. The third-order valence-corrected chi connectivity index (χ3v) is 4.09. The van der Waals surface area contributed by atoms with Crippen molar-refractivity contribution < 1.29 is 4.79 Å². The minimum Gasteiger partial charge on any atom is -0.370 e. The average molecular weight is 275 g/mol. The third kappa shape index (κ3) is 2.98. The molecule has 1 aliphatic heterocycles. The number of thioether (sulfide) groups is 1. The van der Waals surface area contributed by atoms with E-state index < -0.39 is 5.91 Å². The lowest BCUT2D eigenvalue weighted by Gasteiger charge is -2.25. The van der Waals surface area contributed by atoms with E-state index in [1.54, 1.807) is 11.8 Å². The maximum absolute atomic E-state index is 11.9. The Bertz CT molecular complexity index is 599. The van der Waals surface area contributed by atoms with Crippen LogP contribution in [0.15, 0.2) is 28.1 Å². The van der Waals surface area contributed by atoms with Crippen molar-refractivity contribution in [3.63, 3.8) is 0 Å². The van der Waals surface area contributed by atoms with Crippen molar-refractivity contribution >= 4 is 29.7 Å². The topological polar surface area (TPSA) is 81.5 Å². The lowest BCUT2D eigenvalue weighted by Crippen LogP contribution is -2.24. The number of carbonyl (C=O) groups excluding carboxylic acids is 1. The molecule has 0 saturated heterocycles. The molecule has 1 aromatic carbocycles. The summed E-state index contributed by atoms with van der Waals surface area (Å²) in [7, 11) is 0. The fraction of sp³-hybridized carbons (Fsp3) is 0.286. The number of amides is 1. The second-order valence-corrected chi connectivity index (χ2v) is 6.78. The third-order valence-electron chi connectivity index (χ3n) is 2.86. The van der Waals surface area contributed by atoms with Crippen LogP contribution in [0.1, 0.15) is 35.3 Å². The fourth-order valence-electron chi connectivity index (χ4n) is 1.94. The van der Waals surface area contributed by atoms with Crippen LogP contribution in [0.25, 0.3) is 6.08 Å². The summed E-state index contributed by atoms with van der Waals surface area (Å²) in [5, 5.41) is 0.